The average molecular weight is 453 g/mol. The molecule has 170 valence electrons. The molecule has 0 N–H and O–H groups in total. The van der Waals surface area contributed by atoms with Gasteiger partial charge in [0.1, 0.15) is 12.4 Å². The number of pyridine rings is 1. The van der Waals surface area contributed by atoms with Gasteiger partial charge in [-0.15, -0.1) is 0 Å². The summed E-state index contributed by atoms with van der Waals surface area (Å²) in [5.74, 6) is -0.0275. The van der Waals surface area contributed by atoms with Gasteiger partial charge in [-0.05, 0) is 72.4 Å². The summed E-state index contributed by atoms with van der Waals surface area (Å²) in [6.45, 7) is 0.0980. The molecular weight excluding hydrogens is 430 g/mol. The van der Waals surface area contributed by atoms with Gasteiger partial charge in [-0.1, -0.05) is 30.3 Å². The summed E-state index contributed by atoms with van der Waals surface area (Å²) in [5.41, 5.74) is 5.34. The molecule has 2 aromatic carbocycles. The number of carbonyl (C=O) groups is 2. The number of nitrogens with zero attached hydrogens (tertiary/aromatic N) is 1. The molecule has 0 amide bonds. The molecule has 0 spiro atoms. The zero-order chi connectivity index (χ0) is 23.5. The van der Waals surface area contributed by atoms with Crippen molar-refractivity contribution in [2.45, 2.75) is 25.9 Å². The van der Waals surface area contributed by atoms with E-state index >= 15 is 0 Å². The summed E-state index contributed by atoms with van der Waals surface area (Å²) in [6, 6.07) is 18.2. The number of hydrogen-bond donors (Lipinski definition) is 0. The quantitative estimate of drug-likeness (QED) is 0.353. The second kappa shape index (κ2) is 9.35. The van der Waals surface area contributed by atoms with Crippen molar-refractivity contribution in [2.75, 3.05) is 7.11 Å². The maximum Gasteiger partial charge on any atom is 0.339 e. The molecule has 5 rings (SSSR count). The lowest BCUT2D eigenvalue weighted by atomic mass is 9.86. The number of hydrogen-bond acceptors (Lipinski definition) is 6. The van der Waals surface area contributed by atoms with Crippen molar-refractivity contribution in [3.63, 3.8) is 0 Å². The number of benzene rings is 2. The zero-order valence-electron chi connectivity index (χ0n) is 18.7. The number of rotatable bonds is 5. The van der Waals surface area contributed by atoms with Crippen LogP contribution in [-0.2, 0) is 22.5 Å². The predicted octanol–water partition coefficient (Wildman–Crippen LogP) is 5.85. The van der Waals surface area contributed by atoms with Gasteiger partial charge in [0.25, 0.3) is 0 Å². The summed E-state index contributed by atoms with van der Waals surface area (Å²) in [4.78, 5) is 29.9. The number of carbonyl (C=O) groups excluding carboxylic acids is 2. The molecule has 0 aliphatic heterocycles. The molecule has 1 aliphatic carbocycles. The Hall–Kier alpha value is -4.19. The number of furan rings is 1. The Bertz CT molecular complexity index is 1380. The van der Waals surface area contributed by atoms with E-state index in [4.69, 9.17) is 18.9 Å². The summed E-state index contributed by atoms with van der Waals surface area (Å²) < 4.78 is 16.0. The fourth-order valence-electron chi connectivity index (χ4n) is 4.33. The number of ether oxygens (including phenoxy) is 2. The van der Waals surface area contributed by atoms with E-state index in [0.29, 0.717) is 11.1 Å². The van der Waals surface area contributed by atoms with Gasteiger partial charge in [-0.2, -0.15) is 0 Å². The summed E-state index contributed by atoms with van der Waals surface area (Å²) in [6.07, 6.45) is 6.16. The minimum Gasteiger partial charge on any atom is -0.465 e. The number of aromatic nitrogens is 1. The van der Waals surface area contributed by atoms with Crippen molar-refractivity contribution < 1.29 is 23.5 Å². The second-order valence-electron chi connectivity index (χ2n) is 8.13. The lowest BCUT2D eigenvalue weighted by Crippen LogP contribution is -2.15. The number of fused-ring (bicyclic) bond motifs is 2. The van der Waals surface area contributed by atoms with Crippen molar-refractivity contribution in [3.8, 4) is 0 Å². The van der Waals surface area contributed by atoms with Crippen LogP contribution in [0.4, 0.5) is 0 Å². The van der Waals surface area contributed by atoms with Crippen LogP contribution in [0.5, 0.6) is 0 Å². The van der Waals surface area contributed by atoms with E-state index in [-0.39, 0.29) is 12.6 Å². The fraction of sp³-hybridized carbons (Fsp3) is 0.179. The zero-order valence-corrected chi connectivity index (χ0v) is 18.7. The predicted molar refractivity (Wildman–Crippen MR) is 128 cm³/mol. The van der Waals surface area contributed by atoms with Gasteiger partial charge in [0.2, 0.25) is 0 Å². The largest absolute Gasteiger partial charge is 0.465 e. The van der Waals surface area contributed by atoms with E-state index in [9.17, 15) is 9.59 Å². The van der Waals surface area contributed by atoms with E-state index in [2.05, 4.69) is 0 Å². The molecule has 0 saturated carbocycles. The summed E-state index contributed by atoms with van der Waals surface area (Å²) in [7, 11) is 1.34. The topological polar surface area (TPSA) is 78.6 Å². The standard InChI is InChI=1S/C28H23NO5/c1-32-27(30)19-13-11-18(12-14-19)17-34-28(31)25-22-8-2-3-10-24(22)29-26-20(6-4-9-23(25)26)16-21-7-5-15-33-21/h2-3,5,7-8,10-16H,4,6,9,17H2,1H3. The van der Waals surface area contributed by atoms with E-state index in [1.54, 1.807) is 30.5 Å². The lowest BCUT2D eigenvalue weighted by Gasteiger charge is -2.22. The van der Waals surface area contributed by atoms with Gasteiger partial charge in [-0.3, -0.25) is 0 Å². The summed E-state index contributed by atoms with van der Waals surface area (Å²) >= 11 is 0. The van der Waals surface area contributed by atoms with E-state index in [1.165, 1.54) is 7.11 Å². The first-order valence-corrected chi connectivity index (χ1v) is 11.1. The molecule has 0 fully saturated rings. The molecule has 0 unspecified atom stereocenters. The molecule has 6 nitrogen and oxygen atoms in total. The fourth-order valence-corrected chi connectivity index (χ4v) is 4.33. The maximum absolute atomic E-state index is 13.4. The van der Waals surface area contributed by atoms with Crippen LogP contribution < -0.4 is 0 Å². The Kier molecular flexibility index (Phi) is 5.95. The highest BCUT2D eigenvalue weighted by Crippen LogP contribution is 2.36. The van der Waals surface area contributed by atoms with Gasteiger partial charge in [0.05, 0.1) is 35.7 Å². The molecule has 0 radical (unpaired) electrons. The first-order valence-electron chi connectivity index (χ1n) is 11.1. The van der Waals surface area contributed by atoms with Crippen molar-refractivity contribution in [1.82, 2.24) is 4.98 Å². The van der Waals surface area contributed by atoms with Crippen LogP contribution in [0.15, 0.2) is 71.3 Å². The molecule has 6 heteroatoms. The molecular formula is C28H23NO5. The number of allylic oxidation sites excluding steroid dienone is 1. The van der Waals surface area contributed by atoms with Gasteiger partial charge in [0, 0.05) is 5.39 Å². The van der Waals surface area contributed by atoms with Gasteiger partial charge >= 0.3 is 11.9 Å². The Balaban J connectivity index is 1.49. The van der Waals surface area contributed by atoms with E-state index < -0.39 is 5.97 Å². The first-order chi connectivity index (χ1) is 16.6. The Morgan fingerprint density at radius 1 is 1.00 bits per heavy atom. The number of esters is 2. The monoisotopic (exact) mass is 453 g/mol. The Morgan fingerprint density at radius 3 is 2.59 bits per heavy atom. The molecule has 2 aromatic heterocycles. The SMILES string of the molecule is COC(=O)c1ccc(COC(=O)c2c3c(nc4ccccc24)C(=Cc2ccco2)CCC3)cc1. The second-order valence-corrected chi connectivity index (χ2v) is 8.13. The van der Waals surface area contributed by atoms with E-state index in [0.717, 1.165) is 58.3 Å². The van der Waals surface area contributed by atoms with Gasteiger partial charge in [-0.25, -0.2) is 14.6 Å². The highest BCUT2D eigenvalue weighted by atomic mass is 16.5. The highest BCUT2D eigenvalue weighted by molar-refractivity contribution is 6.06. The van der Waals surface area contributed by atoms with Crippen LogP contribution in [0.2, 0.25) is 0 Å². The van der Waals surface area contributed by atoms with Crippen LogP contribution in [0.3, 0.4) is 0 Å². The lowest BCUT2D eigenvalue weighted by molar-refractivity contribution is 0.0472. The third-order valence-electron chi connectivity index (χ3n) is 5.98. The molecule has 0 saturated heterocycles. The normalized spacial score (nSPS) is 14.1. The number of para-hydroxylation sites is 1. The average Bonchev–Trinajstić information content (AvgIpc) is 3.39. The van der Waals surface area contributed by atoms with Gasteiger partial charge < -0.3 is 13.9 Å². The van der Waals surface area contributed by atoms with Crippen LogP contribution in [0.1, 0.15) is 56.1 Å². The van der Waals surface area contributed by atoms with Crippen molar-refractivity contribution in [3.05, 3.63) is 101 Å². The molecule has 1 aliphatic rings. The third kappa shape index (κ3) is 4.22. The minimum absolute atomic E-state index is 0.0980. The Labute approximate surface area is 196 Å². The molecule has 0 bridgehead atoms. The van der Waals surface area contributed by atoms with Crippen LogP contribution in [0, 0.1) is 0 Å². The van der Waals surface area contributed by atoms with Gasteiger partial charge in [0.15, 0.2) is 0 Å². The van der Waals surface area contributed by atoms with Crippen molar-refractivity contribution in [1.29, 1.82) is 0 Å². The number of methoxy groups -OCH3 is 1. The van der Waals surface area contributed by atoms with E-state index in [1.807, 2.05) is 42.5 Å². The first kappa shape index (κ1) is 21.6. The summed E-state index contributed by atoms with van der Waals surface area (Å²) in [5, 5.41) is 0.784. The Morgan fingerprint density at radius 2 is 1.82 bits per heavy atom. The highest BCUT2D eigenvalue weighted by Gasteiger charge is 2.26. The molecule has 2 heterocycles. The molecule has 0 atom stereocenters. The minimum atomic E-state index is -0.406. The smallest absolute Gasteiger partial charge is 0.339 e. The van der Waals surface area contributed by atoms with Crippen molar-refractivity contribution in [2.24, 2.45) is 0 Å². The maximum atomic E-state index is 13.4. The van der Waals surface area contributed by atoms with Crippen LogP contribution in [0.25, 0.3) is 22.6 Å². The van der Waals surface area contributed by atoms with Crippen molar-refractivity contribution >= 4 is 34.5 Å². The molecule has 4 aromatic rings. The van der Waals surface area contributed by atoms with Crippen LogP contribution >= 0.6 is 0 Å². The third-order valence-corrected chi connectivity index (χ3v) is 5.98. The van der Waals surface area contributed by atoms with Crippen LogP contribution in [-0.4, -0.2) is 24.0 Å². The molecule has 34 heavy (non-hydrogen) atoms.